The van der Waals surface area contributed by atoms with Gasteiger partial charge in [0.05, 0.1) is 17.5 Å². The van der Waals surface area contributed by atoms with Crippen LogP contribution in [0.1, 0.15) is 22.7 Å². The molecule has 0 spiro atoms. The van der Waals surface area contributed by atoms with Crippen molar-refractivity contribution in [3.05, 3.63) is 41.0 Å². The zero-order valence-corrected chi connectivity index (χ0v) is 10.6. The molecule has 0 aromatic carbocycles. The molecule has 0 aliphatic rings. The average Bonchev–Trinajstić information content (AvgIpc) is 2.69. The zero-order chi connectivity index (χ0) is 13.0. The highest BCUT2D eigenvalue weighted by Crippen LogP contribution is 2.16. The second-order valence-corrected chi connectivity index (χ2v) is 4.12. The van der Waals surface area contributed by atoms with Crippen molar-refractivity contribution >= 4 is 0 Å². The second kappa shape index (κ2) is 5.64. The molecule has 2 rings (SSSR count). The molecule has 0 unspecified atom stereocenters. The van der Waals surface area contributed by atoms with E-state index in [0.717, 1.165) is 34.9 Å². The highest BCUT2D eigenvalue weighted by Gasteiger charge is 2.09. The molecule has 0 amide bonds. The summed E-state index contributed by atoms with van der Waals surface area (Å²) in [6.07, 6.45) is 2.49. The standard InChI is InChI=1S/C13H17N3O2/c1-9-13(10(2)18-16-9)8-17-12-4-3-11(5-6-14)15-7-12/h3-4,7H,5-6,8,14H2,1-2H3. The van der Waals surface area contributed by atoms with E-state index < -0.39 is 0 Å². The van der Waals surface area contributed by atoms with Gasteiger partial charge in [-0.3, -0.25) is 4.98 Å². The second-order valence-electron chi connectivity index (χ2n) is 4.12. The zero-order valence-electron chi connectivity index (χ0n) is 10.6. The highest BCUT2D eigenvalue weighted by molar-refractivity contribution is 5.23. The Balaban J connectivity index is 1.98. The third kappa shape index (κ3) is 2.87. The largest absolute Gasteiger partial charge is 0.487 e. The van der Waals surface area contributed by atoms with Crippen molar-refractivity contribution in [1.82, 2.24) is 10.1 Å². The number of pyridine rings is 1. The Labute approximate surface area is 106 Å². The van der Waals surface area contributed by atoms with Crippen LogP contribution in [0.15, 0.2) is 22.9 Å². The van der Waals surface area contributed by atoms with Gasteiger partial charge >= 0.3 is 0 Å². The van der Waals surface area contributed by atoms with E-state index in [1.165, 1.54) is 0 Å². The number of hydrogen-bond acceptors (Lipinski definition) is 5. The van der Waals surface area contributed by atoms with E-state index >= 15 is 0 Å². The topological polar surface area (TPSA) is 74.2 Å². The molecule has 0 saturated heterocycles. The monoisotopic (exact) mass is 247 g/mol. The highest BCUT2D eigenvalue weighted by atomic mass is 16.5. The molecule has 2 aromatic rings. The van der Waals surface area contributed by atoms with E-state index in [-0.39, 0.29) is 0 Å². The number of ether oxygens (including phenoxy) is 1. The van der Waals surface area contributed by atoms with Crippen molar-refractivity contribution < 1.29 is 9.26 Å². The van der Waals surface area contributed by atoms with E-state index in [2.05, 4.69) is 10.1 Å². The maximum absolute atomic E-state index is 5.65. The van der Waals surface area contributed by atoms with Gasteiger partial charge in [-0.25, -0.2) is 0 Å². The van der Waals surface area contributed by atoms with E-state index in [9.17, 15) is 0 Å². The van der Waals surface area contributed by atoms with Gasteiger partial charge in [-0.05, 0) is 32.5 Å². The first-order valence-electron chi connectivity index (χ1n) is 5.90. The molecule has 5 nitrogen and oxygen atoms in total. The quantitative estimate of drug-likeness (QED) is 0.871. The lowest BCUT2D eigenvalue weighted by Gasteiger charge is -2.06. The predicted octanol–water partition coefficient (Wildman–Crippen LogP) is 1.77. The minimum absolute atomic E-state index is 0.444. The van der Waals surface area contributed by atoms with Gasteiger partial charge in [-0.2, -0.15) is 0 Å². The van der Waals surface area contributed by atoms with Gasteiger partial charge < -0.3 is 15.0 Å². The van der Waals surface area contributed by atoms with Crippen molar-refractivity contribution in [2.45, 2.75) is 26.9 Å². The Kier molecular flexibility index (Phi) is 3.94. The average molecular weight is 247 g/mol. The van der Waals surface area contributed by atoms with Crippen LogP contribution in [0.4, 0.5) is 0 Å². The maximum atomic E-state index is 5.65. The lowest BCUT2D eigenvalue weighted by atomic mass is 10.2. The molecular formula is C13H17N3O2. The Hall–Kier alpha value is -1.88. The Morgan fingerprint density at radius 3 is 2.72 bits per heavy atom. The summed E-state index contributed by atoms with van der Waals surface area (Å²) in [7, 11) is 0. The fraction of sp³-hybridized carbons (Fsp3) is 0.385. The fourth-order valence-corrected chi connectivity index (χ4v) is 1.66. The third-order valence-electron chi connectivity index (χ3n) is 2.76. The molecule has 0 radical (unpaired) electrons. The smallest absolute Gasteiger partial charge is 0.140 e. The molecule has 0 atom stereocenters. The number of nitrogens with zero attached hydrogens (tertiary/aromatic N) is 2. The number of aryl methyl sites for hydroxylation is 2. The first-order chi connectivity index (χ1) is 8.70. The molecule has 96 valence electrons. The van der Waals surface area contributed by atoms with Gasteiger partial charge in [0, 0.05) is 12.1 Å². The van der Waals surface area contributed by atoms with Crippen molar-refractivity contribution in [2.75, 3.05) is 6.54 Å². The Morgan fingerprint density at radius 2 is 2.17 bits per heavy atom. The summed E-state index contributed by atoms with van der Waals surface area (Å²) in [5.74, 6) is 1.52. The van der Waals surface area contributed by atoms with Crippen LogP contribution < -0.4 is 10.5 Å². The molecule has 0 aliphatic heterocycles. The van der Waals surface area contributed by atoms with Crippen LogP contribution in [0.25, 0.3) is 0 Å². The van der Waals surface area contributed by atoms with Crippen molar-refractivity contribution in [3.63, 3.8) is 0 Å². The van der Waals surface area contributed by atoms with Crippen molar-refractivity contribution in [2.24, 2.45) is 5.73 Å². The van der Waals surface area contributed by atoms with Crippen LogP contribution in [-0.4, -0.2) is 16.7 Å². The van der Waals surface area contributed by atoms with Crippen LogP contribution >= 0.6 is 0 Å². The Bertz CT molecular complexity index is 486. The van der Waals surface area contributed by atoms with Gasteiger partial charge in [0.2, 0.25) is 0 Å². The molecule has 0 aliphatic carbocycles. The number of nitrogens with two attached hydrogens (primary N) is 1. The summed E-state index contributed by atoms with van der Waals surface area (Å²) >= 11 is 0. The van der Waals surface area contributed by atoms with Crippen molar-refractivity contribution in [1.29, 1.82) is 0 Å². The summed E-state index contributed by atoms with van der Waals surface area (Å²) in [6, 6.07) is 3.83. The van der Waals surface area contributed by atoms with Gasteiger partial charge in [0.15, 0.2) is 0 Å². The Morgan fingerprint density at radius 1 is 1.33 bits per heavy atom. The normalized spacial score (nSPS) is 10.6. The maximum Gasteiger partial charge on any atom is 0.140 e. The summed E-state index contributed by atoms with van der Waals surface area (Å²) in [5.41, 5.74) is 8.29. The van der Waals surface area contributed by atoms with E-state index in [1.807, 2.05) is 26.0 Å². The number of aromatic nitrogens is 2. The lowest BCUT2D eigenvalue weighted by Crippen LogP contribution is -2.04. The third-order valence-corrected chi connectivity index (χ3v) is 2.76. The molecule has 2 heterocycles. The molecule has 2 aromatic heterocycles. The molecule has 2 N–H and O–H groups in total. The van der Waals surface area contributed by atoms with Crippen LogP contribution in [0.2, 0.25) is 0 Å². The van der Waals surface area contributed by atoms with Crippen LogP contribution in [0.3, 0.4) is 0 Å². The molecular weight excluding hydrogens is 230 g/mol. The van der Waals surface area contributed by atoms with E-state index in [1.54, 1.807) is 6.20 Å². The van der Waals surface area contributed by atoms with Crippen LogP contribution in [0.5, 0.6) is 5.75 Å². The minimum Gasteiger partial charge on any atom is -0.487 e. The molecule has 0 bridgehead atoms. The summed E-state index contributed by atoms with van der Waals surface area (Å²) < 4.78 is 10.7. The van der Waals surface area contributed by atoms with Gasteiger partial charge in [-0.15, -0.1) is 0 Å². The van der Waals surface area contributed by atoms with E-state index in [0.29, 0.717) is 13.2 Å². The number of rotatable bonds is 5. The first-order valence-corrected chi connectivity index (χ1v) is 5.90. The summed E-state index contributed by atoms with van der Waals surface area (Å²) in [4.78, 5) is 4.27. The minimum atomic E-state index is 0.444. The fourth-order valence-electron chi connectivity index (χ4n) is 1.66. The van der Waals surface area contributed by atoms with Crippen LogP contribution in [0, 0.1) is 13.8 Å². The molecule has 18 heavy (non-hydrogen) atoms. The van der Waals surface area contributed by atoms with Gasteiger partial charge in [0.1, 0.15) is 18.1 Å². The molecule has 0 fully saturated rings. The SMILES string of the molecule is Cc1noc(C)c1COc1ccc(CCN)nc1. The van der Waals surface area contributed by atoms with E-state index in [4.69, 9.17) is 15.0 Å². The van der Waals surface area contributed by atoms with Gasteiger partial charge in [0.25, 0.3) is 0 Å². The predicted molar refractivity (Wildman–Crippen MR) is 67.3 cm³/mol. The van der Waals surface area contributed by atoms with Crippen LogP contribution in [-0.2, 0) is 13.0 Å². The first kappa shape index (κ1) is 12.6. The van der Waals surface area contributed by atoms with Crippen molar-refractivity contribution in [3.8, 4) is 5.75 Å². The summed E-state index contributed by atoms with van der Waals surface area (Å²) in [6.45, 7) is 4.82. The lowest BCUT2D eigenvalue weighted by molar-refractivity contribution is 0.300. The molecule has 5 heteroatoms. The molecule has 0 saturated carbocycles. The summed E-state index contributed by atoms with van der Waals surface area (Å²) in [5, 5.41) is 3.88. The van der Waals surface area contributed by atoms with Gasteiger partial charge in [-0.1, -0.05) is 5.16 Å². The number of hydrogen-bond donors (Lipinski definition) is 1.